The highest BCUT2D eigenvalue weighted by Crippen LogP contribution is 2.34. The van der Waals surface area contributed by atoms with Gasteiger partial charge in [-0.25, -0.2) is 0 Å². The van der Waals surface area contributed by atoms with Crippen LogP contribution in [0.4, 0.5) is 0 Å². The zero-order valence-electron chi connectivity index (χ0n) is 38.8. The van der Waals surface area contributed by atoms with Gasteiger partial charge in [-0.2, -0.15) is 0 Å². The topological polar surface area (TPSA) is 169 Å². The Morgan fingerprint density at radius 2 is 0.765 bits per heavy atom. The van der Waals surface area contributed by atoms with E-state index in [1.807, 2.05) is 152 Å². The molecule has 15 nitrogen and oxygen atoms in total. The lowest BCUT2D eigenvalue weighted by Gasteiger charge is -2.44. The van der Waals surface area contributed by atoms with E-state index in [4.69, 9.17) is 42.6 Å². The van der Waals surface area contributed by atoms with Crippen LogP contribution < -0.4 is 0 Å². The van der Waals surface area contributed by atoms with Gasteiger partial charge < -0.3 is 42.6 Å². The first-order valence-electron chi connectivity index (χ1n) is 23.1. The van der Waals surface area contributed by atoms with Gasteiger partial charge in [-0.05, 0) is 33.9 Å². The lowest BCUT2D eigenvalue weighted by atomic mass is 9.95. The summed E-state index contributed by atoms with van der Waals surface area (Å²) in [6, 6.07) is 44.8. The number of hydrogen-bond acceptors (Lipinski definition) is 13. The van der Waals surface area contributed by atoms with Crippen LogP contribution in [0.5, 0.6) is 0 Å². The van der Waals surface area contributed by atoms with E-state index in [9.17, 15) is 20.2 Å². The zero-order chi connectivity index (χ0) is 47.7. The summed E-state index contributed by atoms with van der Waals surface area (Å²) in [7, 11) is -1.65. The molecule has 68 heavy (non-hydrogen) atoms. The Morgan fingerprint density at radius 3 is 1.12 bits per heavy atom. The summed E-state index contributed by atoms with van der Waals surface area (Å²) in [6.07, 6.45) is -9.42. The molecule has 0 N–H and O–H groups in total. The number of ether oxygens (including phenoxy) is 9. The minimum Gasteiger partial charge on any atom is -0.374 e. The molecule has 0 amide bonds. The maximum absolute atomic E-state index is 13.4. The Balaban J connectivity index is 1.21. The quantitative estimate of drug-likeness (QED) is 0.0310. The largest absolute Gasteiger partial charge is 0.374 e. The zero-order valence-corrected chi connectivity index (χ0v) is 39.8. The Kier molecular flexibility index (Phi) is 18.9. The SMILES string of the molecule is C[Si](C)(C)CCO[C@H]1O[C@H](CO[C@@H]2O[C@H](COCc3ccccc3)[C@H](OCc3ccccc3)[C@H](OCc3ccccc3)[C@H]2[N+](=O)[O-])[C@H](OCc2ccccc2)[C@H](OCc2ccccc2)[C@H]1[N+](=O)[O-]. The molecule has 5 aromatic carbocycles. The van der Waals surface area contributed by atoms with Crippen molar-refractivity contribution >= 4 is 8.07 Å². The van der Waals surface area contributed by atoms with Crippen molar-refractivity contribution in [2.75, 3.05) is 19.8 Å². The van der Waals surface area contributed by atoms with Crippen LogP contribution in [0, 0.1) is 20.2 Å². The molecule has 7 rings (SSSR count). The first kappa shape index (κ1) is 50.6. The molecule has 2 saturated heterocycles. The molecule has 362 valence electrons. The molecule has 0 unspecified atom stereocenters. The molecule has 2 fully saturated rings. The molecule has 2 heterocycles. The van der Waals surface area contributed by atoms with Gasteiger partial charge in [0.2, 0.25) is 12.6 Å². The summed E-state index contributed by atoms with van der Waals surface area (Å²) < 4.78 is 58.4. The predicted molar refractivity (Wildman–Crippen MR) is 255 cm³/mol. The number of nitro groups is 2. The standard InChI is InChI=1S/C52H62N2O13Si/c1-68(2,3)30-29-60-51-45(53(55)56)49(63-34-41-25-15-7-16-26-41)48(62-33-40-23-13-6-14-24-40)44(67-51)37-65-52-46(54(57)58)50(64-35-42-27-17-8-18-28-42)47(61-32-39-21-11-5-12-22-39)43(66-52)36-59-31-38-19-9-4-10-20-38/h4-28,43-52H,29-37H2,1-3H3/t43-,44-,45-,46-,47+,48+,49-,50-,51+,52-/m1/s1. The van der Waals surface area contributed by atoms with Crippen molar-refractivity contribution in [3.63, 3.8) is 0 Å². The van der Waals surface area contributed by atoms with Crippen LogP contribution in [-0.2, 0) is 75.7 Å². The van der Waals surface area contributed by atoms with E-state index < -0.39 is 79.2 Å². The fourth-order valence-electron chi connectivity index (χ4n) is 8.16. The summed E-state index contributed by atoms with van der Waals surface area (Å²) >= 11 is 0. The fraction of sp³-hybridized carbons (Fsp3) is 0.423. The van der Waals surface area contributed by atoms with Crippen LogP contribution in [0.15, 0.2) is 152 Å². The van der Waals surface area contributed by atoms with Crippen molar-refractivity contribution in [1.29, 1.82) is 0 Å². The van der Waals surface area contributed by atoms with Gasteiger partial charge in [0.05, 0.1) is 46.2 Å². The van der Waals surface area contributed by atoms with Gasteiger partial charge in [-0.1, -0.05) is 171 Å². The summed E-state index contributed by atoms with van der Waals surface area (Å²) in [6.45, 7) is 6.84. The van der Waals surface area contributed by atoms with Crippen molar-refractivity contribution in [1.82, 2.24) is 0 Å². The number of benzene rings is 5. The second-order valence-corrected chi connectivity index (χ2v) is 23.8. The third kappa shape index (κ3) is 14.9. The first-order valence-corrected chi connectivity index (χ1v) is 26.8. The molecule has 0 saturated carbocycles. The summed E-state index contributed by atoms with van der Waals surface area (Å²) in [5.74, 6) is 0. The van der Waals surface area contributed by atoms with E-state index in [1.54, 1.807) is 0 Å². The van der Waals surface area contributed by atoms with Gasteiger partial charge in [-0.15, -0.1) is 0 Å². The van der Waals surface area contributed by atoms with Crippen LogP contribution in [0.3, 0.4) is 0 Å². The molecular weight excluding hydrogens is 889 g/mol. The van der Waals surface area contributed by atoms with E-state index >= 15 is 0 Å². The van der Waals surface area contributed by atoms with Gasteiger partial charge >= 0.3 is 0 Å². The Morgan fingerprint density at radius 1 is 0.441 bits per heavy atom. The van der Waals surface area contributed by atoms with Gasteiger partial charge in [0.15, 0.2) is 12.2 Å². The molecule has 5 aromatic rings. The van der Waals surface area contributed by atoms with Gasteiger partial charge in [0.25, 0.3) is 12.1 Å². The maximum Gasteiger partial charge on any atom is 0.291 e. The number of rotatable bonds is 25. The Labute approximate surface area is 398 Å². The average Bonchev–Trinajstić information content (AvgIpc) is 3.34. The lowest BCUT2D eigenvalue weighted by molar-refractivity contribution is -0.582. The molecular formula is C52H62N2O13Si. The normalized spacial score (nSPS) is 25.2. The smallest absolute Gasteiger partial charge is 0.291 e. The molecule has 0 aromatic heterocycles. The summed E-state index contributed by atoms with van der Waals surface area (Å²) in [5, 5.41) is 26.6. The van der Waals surface area contributed by atoms with Gasteiger partial charge in [0, 0.05) is 24.5 Å². The minimum absolute atomic E-state index is 0.0283. The van der Waals surface area contributed by atoms with Crippen molar-refractivity contribution < 1.29 is 52.5 Å². The third-order valence-corrected chi connectivity index (χ3v) is 13.5. The van der Waals surface area contributed by atoms with Crippen molar-refractivity contribution in [3.8, 4) is 0 Å². The van der Waals surface area contributed by atoms with Crippen molar-refractivity contribution in [2.45, 2.75) is 120 Å². The molecule has 0 radical (unpaired) electrons. The third-order valence-electron chi connectivity index (χ3n) is 11.8. The Hall–Kier alpha value is -5.24. The fourth-order valence-corrected chi connectivity index (χ4v) is 8.89. The molecule has 16 heteroatoms. The van der Waals surface area contributed by atoms with Crippen LogP contribution >= 0.6 is 0 Å². The van der Waals surface area contributed by atoms with E-state index in [0.29, 0.717) is 6.04 Å². The van der Waals surface area contributed by atoms with Gasteiger partial charge in [0.1, 0.15) is 24.4 Å². The Bertz CT molecular complexity index is 2250. The van der Waals surface area contributed by atoms with Gasteiger partial charge in [-0.3, -0.25) is 20.2 Å². The van der Waals surface area contributed by atoms with Crippen LogP contribution in [0.1, 0.15) is 27.8 Å². The van der Waals surface area contributed by atoms with Crippen LogP contribution in [0.25, 0.3) is 0 Å². The number of hydrogen-bond donors (Lipinski definition) is 0. The minimum atomic E-state index is -1.65. The maximum atomic E-state index is 13.4. The highest BCUT2D eigenvalue weighted by Gasteiger charge is 2.58. The van der Waals surface area contributed by atoms with Crippen molar-refractivity contribution in [3.05, 3.63) is 200 Å². The molecule has 0 spiro atoms. The molecule has 2 aliphatic heterocycles. The summed E-state index contributed by atoms with van der Waals surface area (Å²) in [5.41, 5.74) is 4.18. The highest BCUT2D eigenvalue weighted by molar-refractivity contribution is 6.76. The molecule has 10 atom stereocenters. The van der Waals surface area contributed by atoms with E-state index in [0.717, 1.165) is 27.8 Å². The van der Waals surface area contributed by atoms with E-state index in [1.165, 1.54) is 0 Å². The monoisotopic (exact) mass is 950 g/mol. The average molecular weight is 951 g/mol. The van der Waals surface area contributed by atoms with Crippen LogP contribution in [-0.4, -0.2) is 99.0 Å². The lowest BCUT2D eigenvalue weighted by Crippen LogP contribution is -2.65. The van der Waals surface area contributed by atoms with Crippen molar-refractivity contribution in [2.24, 2.45) is 0 Å². The van der Waals surface area contributed by atoms with E-state index in [2.05, 4.69) is 19.6 Å². The second kappa shape index (κ2) is 25.4. The number of nitrogens with zero attached hydrogens (tertiary/aromatic N) is 2. The predicted octanol–water partition coefficient (Wildman–Crippen LogP) is 8.66. The molecule has 2 aliphatic rings. The highest BCUT2D eigenvalue weighted by atomic mass is 28.3. The molecule has 0 aliphatic carbocycles. The molecule has 0 bridgehead atoms. The van der Waals surface area contributed by atoms with E-state index in [-0.39, 0.29) is 52.9 Å². The van der Waals surface area contributed by atoms with Crippen LogP contribution in [0.2, 0.25) is 25.7 Å². The second-order valence-electron chi connectivity index (χ2n) is 18.2. The summed E-state index contributed by atoms with van der Waals surface area (Å²) in [4.78, 5) is 25.7. The first-order chi connectivity index (χ1) is 33.0.